The third-order valence-corrected chi connectivity index (χ3v) is 2.43. The molecule has 0 aliphatic carbocycles. The van der Waals surface area contributed by atoms with Crippen molar-refractivity contribution in [3.63, 3.8) is 0 Å². The van der Waals surface area contributed by atoms with Crippen molar-refractivity contribution in [2.75, 3.05) is 6.54 Å². The second-order valence-corrected chi connectivity index (χ2v) is 5.71. The van der Waals surface area contributed by atoms with Crippen LogP contribution in [0.4, 0.5) is 4.79 Å². The van der Waals surface area contributed by atoms with Crippen LogP contribution in [-0.2, 0) is 4.74 Å². The molecule has 1 amide bonds. The zero-order valence-electron chi connectivity index (χ0n) is 12.0. The normalized spacial score (nSPS) is 10.4. The number of phenolic OH excluding ortho intramolecular Hbond substituents is 1. The van der Waals surface area contributed by atoms with Gasteiger partial charge >= 0.3 is 6.09 Å². The molecule has 0 spiro atoms. The molecule has 0 aromatic heterocycles. The fourth-order valence-electron chi connectivity index (χ4n) is 1.40. The van der Waals surface area contributed by atoms with Gasteiger partial charge in [0.2, 0.25) is 0 Å². The molecule has 0 saturated carbocycles. The van der Waals surface area contributed by atoms with Crippen molar-refractivity contribution in [1.82, 2.24) is 5.32 Å². The molecule has 20 heavy (non-hydrogen) atoms. The van der Waals surface area contributed by atoms with Gasteiger partial charge in [-0.15, -0.1) is 0 Å². The largest absolute Gasteiger partial charge is 0.506 e. The Balaban J connectivity index is 2.62. The standard InChI is InChI=1S/C15H18ClNO3/c1-10-8-12(16)9-11(13(10)18)6-5-7-17-14(19)20-15(2,3)4/h8-9,18H,7H2,1-4H3,(H,17,19). The van der Waals surface area contributed by atoms with Crippen LogP contribution in [0.15, 0.2) is 12.1 Å². The second kappa shape index (κ2) is 6.53. The van der Waals surface area contributed by atoms with E-state index in [2.05, 4.69) is 17.2 Å². The molecule has 0 aliphatic rings. The molecule has 0 radical (unpaired) electrons. The van der Waals surface area contributed by atoms with Crippen molar-refractivity contribution in [2.45, 2.75) is 33.3 Å². The number of nitrogens with one attached hydrogen (secondary N) is 1. The summed E-state index contributed by atoms with van der Waals surface area (Å²) < 4.78 is 5.06. The monoisotopic (exact) mass is 295 g/mol. The minimum Gasteiger partial charge on any atom is -0.506 e. The van der Waals surface area contributed by atoms with Crippen molar-refractivity contribution >= 4 is 17.7 Å². The number of ether oxygens (including phenoxy) is 1. The number of aryl methyl sites for hydroxylation is 1. The molecular formula is C15H18ClNO3. The number of hydrogen-bond donors (Lipinski definition) is 2. The van der Waals surface area contributed by atoms with Gasteiger partial charge in [-0.2, -0.15) is 0 Å². The molecule has 4 nitrogen and oxygen atoms in total. The summed E-state index contributed by atoms with van der Waals surface area (Å²) in [5.41, 5.74) is 0.544. The van der Waals surface area contributed by atoms with Crippen LogP contribution in [0.3, 0.4) is 0 Å². The van der Waals surface area contributed by atoms with E-state index < -0.39 is 11.7 Å². The predicted octanol–water partition coefficient (Wildman–Crippen LogP) is 3.23. The number of carbonyl (C=O) groups is 1. The summed E-state index contributed by atoms with van der Waals surface area (Å²) in [7, 11) is 0. The molecule has 0 heterocycles. The van der Waals surface area contributed by atoms with E-state index in [1.165, 1.54) is 0 Å². The van der Waals surface area contributed by atoms with Crippen LogP contribution in [-0.4, -0.2) is 23.3 Å². The van der Waals surface area contributed by atoms with Crippen LogP contribution in [0.5, 0.6) is 5.75 Å². The van der Waals surface area contributed by atoms with E-state index in [0.29, 0.717) is 16.1 Å². The van der Waals surface area contributed by atoms with Gasteiger partial charge in [0.15, 0.2) is 0 Å². The zero-order valence-corrected chi connectivity index (χ0v) is 12.8. The summed E-state index contributed by atoms with van der Waals surface area (Å²) >= 11 is 5.89. The summed E-state index contributed by atoms with van der Waals surface area (Å²) in [5, 5.41) is 12.8. The number of alkyl carbamates (subject to hydrolysis) is 1. The van der Waals surface area contributed by atoms with Crippen LogP contribution in [0, 0.1) is 18.8 Å². The van der Waals surface area contributed by atoms with Crippen LogP contribution in [0.25, 0.3) is 0 Å². The first kappa shape index (κ1) is 16.2. The van der Waals surface area contributed by atoms with E-state index in [9.17, 15) is 9.90 Å². The van der Waals surface area contributed by atoms with Crippen molar-refractivity contribution in [3.05, 3.63) is 28.3 Å². The summed E-state index contributed by atoms with van der Waals surface area (Å²) in [5.74, 6) is 5.59. The maximum atomic E-state index is 11.4. The number of hydrogen-bond acceptors (Lipinski definition) is 3. The van der Waals surface area contributed by atoms with Gasteiger partial charge in [0.1, 0.15) is 11.4 Å². The van der Waals surface area contributed by atoms with E-state index in [4.69, 9.17) is 16.3 Å². The Morgan fingerprint density at radius 3 is 2.70 bits per heavy atom. The number of aromatic hydroxyl groups is 1. The second-order valence-electron chi connectivity index (χ2n) is 5.28. The molecule has 0 bridgehead atoms. The molecule has 1 rings (SSSR count). The number of benzene rings is 1. The number of phenols is 1. The lowest BCUT2D eigenvalue weighted by molar-refractivity contribution is 0.0535. The minimum absolute atomic E-state index is 0.0965. The van der Waals surface area contributed by atoms with E-state index in [1.807, 2.05) is 0 Å². The maximum absolute atomic E-state index is 11.4. The van der Waals surface area contributed by atoms with Gasteiger partial charge in [0.05, 0.1) is 12.1 Å². The van der Waals surface area contributed by atoms with E-state index >= 15 is 0 Å². The SMILES string of the molecule is Cc1cc(Cl)cc(C#CCNC(=O)OC(C)(C)C)c1O. The Morgan fingerprint density at radius 1 is 1.45 bits per heavy atom. The Bertz CT molecular complexity index is 565. The lowest BCUT2D eigenvalue weighted by Crippen LogP contribution is -2.32. The first-order valence-electron chi connectivity index (χ1n) is 6.14. The smallest absolute Gasteiger partial charge is 0.408 e. The highest BCUT2D eigenvalue weighted by atomic mass is 35.5. The third-order valence-electron chi connectivity index (χ3n) is 2.21. The zero-order chi connectivity index (χ0) is 15.3. The molecule has 108 valence electrons. The quantitative estimate of drug-likeness (QED) is 0.782. The Labute approximate surface area is 124 Å². The Hall–Kier alpha value is -1.86. The topological polar surface area (TPSA) is 58.6 Å². The van der Waals surface area contributed by atoms with Crippen LogP contribution >= 0.6 is 11.6 Å². The van der Waals surface area contributed by atoms with Crippen LogP contribution < -0.4 is 5.32 Å². The van der Waals surface area contributed by atoms with Gasteiger partial charge in [0, 0.05) is 5.02 Å². The molecule has 1 aromatic carbocycles. The lowest BCUT2D eigenvalue weighted by atomic mass is 10.1. The van der Waals surface area contributed by atoms with E-state index in [-0.39, 0.29) is 12.3 Å². The highest BCUT2D eigenvalue weighted by molar-refractivity contribution is 6.30. The van der Waals surface area contributed by atoms with Crippen LogP contribution in [0.1, 0.15) is 31.9 Å². The number of carbonyl (C=O) groups excluding carboxylic acids is 1. The van der Waals surface area contributed by atoms with Gasteiger partial charge in [-0.05, 0) is 45.4 Å². The Morgan fingerprint density at radius 2 is 2.10 bits per heavy atom. The first-order chi connectivity index (χ1) is 9.19. The summed E-state index contributed by atoms with van der Waals surface area (Å²) in [4.78, 5) is 11.4. The molecule has 1 aromatic rings. The van der Waals surface area contributed by atoms with Gasteiger partial charge < -0.3 is 15.2 Å². The molecule has 0 fully saturated rings. The maximum Gasteiger partial charge on any atom is 0.408 e. The van der Waals surface area contributed by atoms with E-state index in [1.54, 1.807) is 39.8 Å². The molecule has 2 N–H and O–H groups in total. The minimum atomic E-state index is -0.542. The average molecular weight is 296 g/mol. The van der Waals surface area contributed by atoms with Crippen molar-refractivity contribution in [1.29, 1.82) is 0 Å². The van der Waals surface area contributed by atoms with Gasteiger partial charge in [-0.1, -0.05) is 23.4 Å². The predicted molar refractivity (Wildman–Crippen MR) is 79.0 cm³/mol. The van der Waals surface area contributed by atoms with Crippen molar-refractivity contribution in [3.8, 4) is 17.6 Å². The van der Waals surface area contributed by atoms with Crippen molar-refractivity contribution in [2.24, 2.45) is 0 Å². The fraction of sp³-hybridized carbons (Fsp3) is 0.400. The Kier molecular flexibility index (Phi) is 5.29. The summed E-state index contributed by atoms with van der Waals surface area (Å²) in [6, 6.07) is 3.23. The molecule has 0 unspecified atom stereocenters. The van der Waals surface area contributed by atoms with Crippen LogP contribution in [0.2, 0.25) is 5.02 Å². The van der Waals surface area contributed by atoms with Crippen molar-refractivity contribution < 1.29 is 14.6 Å². The van der Waals surface area contributed by atoms with Gasteiger partial charge in [-0.3, -0.25) is 0 Å². The number of rotatable bonds is 1. The fourth-order valence-corrected chi connectivity index (χ4v) is 1.67. The highest BCUT2D eigenvalue weighted by Gasteiger charge is 2.15. The molecule has 5 heteroatoms. The van der Waals surface area contributed by atoms with E-state index in [0.717, 1.165) is 0 Å². The number of amides is 1. The lowest BCUT2D eigenvalue weighted by Gasteiger charge is -2.19. The summed E-state index contributed by atoms with van der Waals surface area (Å²) in [6.07, 6.45) is -0.529. The summed E-state index contributed by atoms with van der Waals surface area (Å²) in [6.45, 7) is 7.21. The van der Waals surface area contributed by atoms with Gasteiger partial charge in [-0.25, -0.2) is 4.79 Å². The first-order valence-corrected chi connectivity index (χ1v) is 6.51. The molecule has 0 saturated heterocycles. The molecule has 0 aliphatic heterocycles. The molecular weight excluding hydrogens is 278 g/mol. The van der Waals surface area contributed by atoms with Gasteiger partial charge in [0.25, 0.3) is 0 Å². The molecule has 0 atom stereocenters. The highest BCUT2D eigenvalue weighted by Crippen LogP contribution is 2.25. The average Bonchev–Trinajstić information content (AvgIpc) is 2.28. The third kappa shape index (κ3) is 5.41. The number of halogens is 1.